The van der Waals surface area contributed by atoms with Crippen LogP contribution in [0.1, 0.15) is 52.4 Å². The lowest BCUT2D eigenvalue weighted by atomic mass is 9.77. The van der Waals surface area contributed by atoms with Gasteiger partial charge in [0.2, 0.25) is 0 Å². The fraction of sp³-hybridized carbons (Fsp3) is 1.00. The van der Waals surface area contributed by atoms with Crippen molar-refractivity contribution in [1.82, 2.24) is 5.32 Å². The molecule has 0 aromatic rings. The van der Waals surface area contributed by atoms with Crippen molar-refractivity contribution in [2.24, 2.45) is 5.92 Å². The minimum absolute atomic E-state index is 0.463. The molecule has 2 rings (SSSR count). The molecule has 2 heteroatoms. The van der Waals surface area contributed by atoms with Crippen molar-refractivity contribution in [1.29, 1.82) is 0 Å². The maximum atomic E-state index is 5.39. The van der Waals surface area contributed by atoms with Gasteiger partial charge in [0.15, 0.2) is 0 Å². The van der Waals surface area contributed by atoms with Crippen LogP contribution in [0.25, 0.3) is 0 Å². The molecule has 2 aliphatic rings. The summed E-state index contributed by atoms with van der Waals surface area (Å²) < 4.78 is 5.39. The standard InChI is InChI=1S/C13H25NO/c1-11(14-13(2)6-3-7-13)10-12-4-8-15-9-5-12/h11-12,14H,3-10H2,1-2H3. The first-order chi connectivity index (χ1) is 7.18. The first-order valence-corrected chi connectivity index (χ1v) is 6.53. The Morgan fingerprint density at radius 2 is 2.00 bits per heavy atom. The Balaban J connectivity index is 1.69. The Labute approximate surface area is 93.8 Å². The number of ether oxygens (including phenoxy) is 1. The molecule has 15 heavy (non-hydrogen) atoms. The van der Waals surface area contributed by atoms with Crippen molar-refractivity contribution in [3.8, 4) is 0 Å². The number of hydrogen-bond donors (Lipinski definition) is 1. The molecular weight excluding hydrogens is 186 g/mol. The van der Waals surface area contributed by atoms with Crippen LogP contribution in [0.3, 0.4) is 0 Å². The largest absolute Gasteiger partial charge is 0.381 e. The van der Waals surface area contributed by atoms with Crippen molar-refractivity contribution in [2.45, 2.75) is 64.0 Å². The van der Waals surface area contributed by atoms with Crippen LogP contribution < -0.4 is 5.32 Å². The second-order valence-corrected chi connectivity index (χ2v) is 5.75. The molecule has 1 aliphatic carbocycles. The van der Waals surface area contributed by atoms with E-state index in [1.807, 2.05) is 0 Å². The van der Waals surface area contributed by atoms with E-state index in [1.165, 1.54) is 38.5 Å². The highest BCUT2D eigenvalue weighted by Gasteiger charge is 2.32. The quantitative estimate of drug-likeness (QED) is 0.772. The highest BCUT2D eigenvalue weighted by molar-refractivity contribution is 4.93. The van der Waals surface area contributed by atoms with E-state index in [9.17, 15) is 0 Å². The van der Waals surface area contributed by atoms with Crippen LogP contribution in [0.15, 0.2) is 0 Å². The third-order valence-electron chi connectivity index (χ3n) is 4.08. The van der Waals surface area contributed by atoms with E-state index < -0.39 is 0 Å². The second kappa shape index (κ2) is 4.84. The Morgan fingerprint density at radius 3 is 2.53 bits per heavy atom. The van der Waals surface area contributed by atoms with Crippen molar-refractivity contribution in [3.63, 3.8) is 0 Å². The van der Waals surface area contributed by atoms with E-state index in [2.05, 4.69) is 19.2 Å². The predicted molar refractivity (Wildman–Crippen MR) is 63.0 cm³/mol. The average Bonchev–Trinajstić information content (AvgIpc) is 2.16. The van der Waals surface area contributed by atoms with Crippen LogP contribution in [0.5, 0.6) is 0 Å². The van der Waals surface area contributed by atoms with E-state index in [0.717, 1.165) is 19.1 Å². The lowest BCUT2D eigenvalue weighted by Gasteiger charge is -2.42. The van der Waals surface area contributed by atoms with Crippen LogP contribution in [-0.2, 0) is 4.74 Å². The molecular formula is C13H25NO. The maximum Gasteiger partial charge on any atom is 0.0468 e. The highest BCUT2D eigenvalue weighted by atomic mass is 16.5. The fourth-order valence-electron chi connectivity index (χ4n) is 2.99. The zero-order valence-corrected chi connectivity index (χ0v) is 10.2. The Kier molecular flexibility index (Phi) is 3.68. The molecule has 0 radical (unpaired) electrons. The van der Waals surface area contributed by atoms with Gasteiger partial charge in [0.05, 0.1) is 0 Å². The molecule has 1 saturated heterocycles. The van der Waals surface area contributed by atoms with E-state index in [1.54, 1.807) is 0 Å². The minimum Gasteiger partial charge on any atom is -0.381 e. The number of rotatable bonds is 4. The Hall–Kier alpha value is -0.0800. The van der Waals surface area contributed by atoms with E-state index in [0.29, 0.717) is 11.6 Å². The smallest absolute Gasteiger partial charge is 0.0468 e. The van der Waals surface area contributed by atoms with Gasteiger partial charge in [-0.05, 0) is 58.3 Å². The second-order valence-electron chi connectivity index (χ2n) is 5.75. The summed E-state index contributed by atoms with van der Waals surface area (Å²) in [6.07, 6.45) is 8.01. The molecule has 0 amide bonds. The van der Waals surface area contributed by atoms with Gasteiger partial charge >= 0.3 is 0 Å². The molecule has 1 heterocycles. The molecule has 1 atom stereocenters. The molecule has 1 unspecified atom stereocenters. The lowest BCUT2D eigenvalue weighted by Crippen LogP contribution is -2.52. The average molecular weight is 211 g/mol. The summed E-state index contributed by atoms with van der Waals surface area (Å²) in [6.45, 7) is 6.68. The lowest BCUT2D eigenvalue weighted by molar-refractivity contribution is 0.0582. The number of nitrogens with one attached hydrogen (secondary N) is 1. The van der Waals surface area contributed by atoms with Gasteiger partial charge in [-0.3, -0.25) is 0 Å². The van der Waals surface area contributed by atoms with Crippen LogP contribution in [0.4, 0.5) is 0 Å². The van der Waals surface area contributed by atoms with Crippen molar-refractivity contribution >= 4 is 0 Å². The molecule has 0 aromatic carbocycles. The van der Waals surface area contributed by atoms with Gasteiger partial charge in [-0.15, -0.1) is 0 Å². The molecule has 1 saturated carbocycles. The zero-order valence-electron chi connectivity index (χ0n) is 10.2. The van der Waals surface area contributed by atoms with Crippen LogP contribution in [-0.4, -0.2) is 24.8 Å². The minimum atomic E-state index is 0.463. The fourth-order valence-corrected chi connectivity index (χ4v) is 2.99. The molecule has 2 fully saturated rings. The van der Waals surface area contributed by atoms with Gasteiger partial charge in [0.25, 0.3) is 0 Å². The van der Waals surface area contributed by atoms with E-state index in [-0.39, 0.29) is 0 Å². The van der Waals surface area contributed by atoms with Gasteiger partial charge < -0.3 is 10.1 Å². The molecule has 1 aliphatic heterocycles. The topological polar surface area (TPSA) is 21.3 Å². The summed E-state index contributed by atoms with van der Waals surface area (Å²) in [5.41, 5.74) is 0.463. The van der Waals surface area contributed by atoms with E-state index >= 15 is 0 Å². The molecule has 0 aromatic heterocycles. The molecule has 1 N–H and O–H groups in total. The van der Waals surface area contributed by atoms with Crippen molar-refractivity contribution < 1.29 is 4.74 Å². The molecule has 2 nitrogen and oxygen atoms in total. The van der Waals surface area contributed by atoms with Gasteiger partial charge in [0, 0.05) is 24.8 Å². The first kappa shape index (κ1) is 11.4. The number of hydrogen-bond acceptors (Lipinski definition) is 2. The SMILES string of the molecule is CC(CC1CCOCC1)NC1(C)CCC1. The summed E-state index contributed by atoms with van der Waals surface area (Å²) in [5.74, 6) is 0.893. The van der Waals surface area contributed by atoms with Gasteiger partial charge in [-0.1, -0.05) is 0 Å². The van der Waals surface area contributed by atoms with Gasteiger partial charge in [-0.2, -0.15) is 0 Å². The van der Waals surface area contributed by atoms with Crippen molar-refractivity contribution in [2.75, 3.05) is 13.2 Å². The summed E-state index contributed by atoms with van der Waals surface area (Å²) in [7, 11) is 0. The molecule has 88 valence electrons. The molecule has 0 spiro atoms. The Morgan fingerprint density at radius 1 is 1.33 bits per heavy atom. The monoisotopic (exact) mass is 211 g/mol. The van der Waals surface area contributed by atoms with Crippen LogP contribution in [0.2, 0.25) is 0 Å². The van der Waals surface area contributed by atoms with E-state index in [4.69, 9.17) is 4.74 Å². The summed E-state index contributed by atoms with van der Waals surface area (Å²) in [6, 6.07) is 0.679. The first-order valence-electron chi connectivity index (χ1n) is 6.53. The normalized spacial score (nSPS) is 28.4. The summed E-state index contributed by atoms with van der Waals surface area (Å²) in [4.78, 5) is 0. The summed E-state index contributed by atoms with van der Waals surface area (Å²) >= 11 is 0. The third-order valence-corrected chi connectivity index (χ3v) is 4.08. The van der Waals surface area contributed by atoms with Gasteiger partial charge in [-0.25, -0.2) is 0 Å². The third kappa shape index (κ3) is 3.18. The Bertz CT molecular complexity index is 195. The highest BCUT2D eigenvalue weighted by Crippen LogP contribution is 2.32. The predicted octanol–water partition coefficient (Wildman–Crippen LogP) is 2.72. The molecule has 0 bridgehead atoms. The zero-order chi connectivity index (χ0) is 10.7. The van der Waals surface area contributed by atoms with Gasteiger partial charge in [0.1, 0.15) is 0 Å². The summed E-state index contributed by atoms with van der Waals surface area (Å²) in [5, 5.41) is 3.80. The maximum absolute atomic E-state index is 5.39. The van der Waals surface area contributed by atoms with Crippen LogP contribution >= 0.6 is 0 Å². The van der Waals surface area contributed by atoms with Crippen molar-refractivity contribution in [3.05, 3.63) is 0 Å². The van der Waals surface area contributed by atoms with Crippen LogP contribution in [0, 0.1) is 5.92 Å².